The predicted molar refractivity (Wildman–Crippen MR) is 90.5 cm³/mol. The van der Waals surface area contributed by atoms with Crippen molar-refractivity contribution in [1.29, 1.82) is 0 Å². The highest BCUT2D eigenvalue weighted by molar-refractivity contribution is 5.92. The summed E-state index contributed by atoms with van der Waals surface area (Å²) >= 11 is 0. The second kappa shape index (κ2) is 7.63. The SMILES string of the molecule is CCc1ccc(NC(=O)CN2[C@H](C)CCC[C@@H]2C)cc1OC. The molecule has 1 aliphatic rings. The maximum absolute atomic E-state index is 12.3. The molecule has 122 valence electrons. The van der Waals surface area contributed by atoms with E-state index in [0.29, 0.717) is 18.6 Å². The molecule has 0 radical (unpaired) electrons. The van der Waals surface area contributed by atoms with Gasteiger partial charge in [-0.25, -0.2) is 0 Å². The van der Waals surface area contributed by atoms with Crippen LogP contribution in [-0.2, 0) is 11.2 Å². The molecule has 2 atom stereocenters. The van der Waals surface area contributed by atoms with Gasteiger partial charge in [-0.2, -0.15) is 0 Å². The maximum Gasteiger partial charge on any atom is 0.238 e. The Kier molecular flexibility index (Phi) is 5.83. The maximum atomic E-state index is 12.3. The number of hydrogen-bond donors (Lipinski definition) is 1. The number of carbonyl (C=O) groups is 1. The van der Waals surface area contributed by atoms with E-state index in [9.17, 15) is 4.79 Å². The third-order valence-electron chi connectivity index (χ3n) is 4.65. The predicted octanol–water partition coefficient (Wildman–Crippen LogP) is 3.46. The lowest BCUT2D eigenvalue weighted by atomic mass is 9.97. The topological polar surface area (TPSA) is 41.6 Å². The summed E-state index contributed by atoms with van der Waals surface area (Å²) < 4.78 is 5.38. The van der Waals surface area contributed by atoms with Gasteiger partial charge in [-0.1, -0.05) is 19.4 Å². The lowest BCUT2D eigenvalue weighted by molar-refractivity contribution is -0.118. The van der Waals surface area contributed by atoms with E-state index in [1.807, 2.05) is 18.2 Å². The fourth-order valence-electron chi connectivity index (χ4n) is 3.27. The molecular weight excluding hydrogens is 276 g/mol. The first-order valence-electron chi connectivity index (χ1n) is 8.27. The van der Waals surface area contributed by atoms with Gasteiger partial charge in [0.15, 0.2) is 0 Å². The third kappa shape index (κ3) is 4.01. The van der Waals surface area contributed by atoms with Crippen molar-refractivity contribution < 1.29 is 9.53 Å². The van der Waals surface area contributed by atoms with Crippen LogP contribution >= 0.6 is 0 Å². The van der Waals surface area contributed by atoms with Crippen LogP contribution < -0.4 is 10.1 Å². The number of benzene rings is 1. The average Bonchev–Trinajstić information content (AvgIpc) is 2.51. The minimum atomic E-state index is 0.0481. The number of nitrogens with zero attached hydrogens (tertiary/aromatic N) is 1. The van der Waals surface area contributed by atoms with Crippen molar-refractivity contribution in [2.45, 2.75) is 58.5 Å². The molecule has 1 fully saturated rings. The van der Waals surface area contributed by atoms with Crippen LogP contribution in [0.1, 0.15) is 45.6 Å². The van der Waals surface area contributed by atoms with Crippen molar-refractivity contribution in [1.82, 2.24) is 4.90 Å². The molecule has 1 aromatic carbocycles. The second-order valence-corrected chi connectivity index (χ2v) is 6.23. The monoisotopic (exact) mass is 304 g/mol. The zero-order chi connectivity index (χ0) is 16.1. The van der Waals surface area contributed by atoms with E-state index in [0.717, 1.165) is 23.4 Å². The zero-order valence-corrected chi connectivity index (χ0v) is 14.2. The molecule has 4 heteroatoms. The molecule has 0 spiro atoms. The molecule has 2 rings (SSSR count). The minimum Gasteiger partial charge on any atom is -0.496 e. The van der Waals surface area contributed by atoms with Gasteiger partial charge < -0.3 is 10.1 Å². The van der Waals surface area contributed by atoms with Crippen molar-refractivity contribution in [3.63, 3.8) is 0 Å². The molecular formula is C18H28N2O2. The highest BCUT2D eigenvalue weighted by Gasteiger charge is 2.26. The van der Waals surface area contributed by atoms with Crippen LogP contribution in [0.25, 0.3) is 0 Å². The Morgan fingerprint density at radius 3 is 2.59 bits per heavy atom. The summed E-state index contributed by atoms with van der Waals surface area (Å²) in [6, 6.07) is 6.82. The number of ether oxygens (including phenoxy) is 1. The number of methoxy groups -OCH3 is 1. The van der Waals surface area contributed by atoms with E-state index in [-0.39, 0.29) is 5.91 Å². The summed E-state index contributed by atoms with van der Waals surface area (Å²) in [5.74, 6) is 0.881. The van der Waals surface area contributed by atoms with Gasteiger partial charge in [-0.05, 0) is 44.7 Å². The standard InChI is InChI=1S/C18H28N2O2/c1-5-15-9-10-16(11-17(15)22-4)19-18(21)12-20-13(2)7-6-8-14(20)3/h9-11,13-14H,5-8,12H2,1-4H3,(H,19,21)/t13-,14+. The van der Waals surface area contributed by atoms with E-state index in [4.69, 9.17) is 4.74 Å². The molecule has 1 aromatic rings. The van der Waals surface area contributed by atoms with Crippen LogP contribution in [0.5, 0.6) is 5.75 Å². The van der Waals surface area contributed by atoms with Crippen molar-refractivity contribution in [3.8, 4) is 5.75 Å². The molecule has 1 aliphatic heterocycles. The smallest absolute Gasteiger partial charge is 0.238 e. The molecule has 1 saturated heterocycles. The van der Waals surface area contributed by atoms with Crippen molar-refractivity contribution in [2.24, 2.45) is 0 Å². The van der Waals surface area contributed by atoms with Gasteiger partial charge in [0.25, 0.3) is 0 Å². The number of nitrogens with one attached hydrogen (secondary N) is 1. The third-order valence-corrected chi connectivity index (χ3v) is 4.65. The summed E-state index contributed by atoms with van der Waals surface area (Å²) in [4.78, 5) is 14.6. The fourth-order valence-corrected chi connectivity index (χ4v) is 3.27. The Bertz CT molecular complexity index is 506. The van der Waals surface area contributed by atoms with Gasteiger partial charge in [0.1, 0.15) is 5.75 Å². The highest BCUT2D eigenvalue weighted by atomic mass is 16.5. The van der Waals surface area contributed by atoms with Crippen molar-refractivity contribution in [3.05, 3.63) is 23.8 Å². The summed E-state index contributed by atoms with van der Waals surface area (Å²) in [5.41, 5.74) is 1.95. The van der Waals surface area contributed by atoms with Gasteiger partial charge in [-0.3, -0.25) is 9.69 Å². The average molecular weight is 304 g/mol. The number of anilines is 1. The number of piperidine rings is 1. The molecule has 0 bridgehead atoms. The summed E-state index contributed by atoms with van der Waals surface area (Å²) in [6.45, 7) is 6.97. The van der Waals surface area contributed by atoms with E-state index in [1.165, 1.54) is 19.3 Å². The van der Waals surface area contributed by atoms with Crippen LogP contribution in [0.2, 0.25) is 0 Å². The molecule has 4 nitrogen and oxygen atoms in total. The van der Waals surface area contributed by atoms with E-state index in [1.54, 1.807) is 7.11 Å². The van der Waals surface area contributed by atoms with Gasteiger partial charge >= 0.3 is 0 Å². The molecule has 22 heavy (non-hydrogen) atoms. The summed E-state index contributed by atoms with van der Waals surface area (Å²) in [6.07, 6.45) is 4.53. The van der Waals surface area contributed by atoms with E-state index >= 15 is 0 Å². The largest absolute Gasteiger partial charge is 0.496 e. The Morgan fingerprint density at radius 1 is 1.32 bits per heavy atom. The minimum absolute atomic E-state index is 0.0481. The molecule has 1 amide bonds. The van der Waals surface area contributed by atoms with Crippen molar-refractivity contribution >= 4 is 11.6 Å². The Hall–Kier alpha value is -1.55. The fraction of sp³-hybridized carbons (Fsp3) is 0.611. The van der Waals surface area contributed by atoms with Crippen LogP contribution in [0.15, 0.2) is 18.2 Å². The molecule has 0 unspecified atom stereocenters. The Labute approximate surface area is 133 Å². The Balaban J connectivity index is 1.99. The lowest BCUT2D eigenvalue weighted by Gasteiger charge is -2.38. The number of hydrogen-bond acceptors (Lipinski definition) is 3. The van der Waals surface area contributed by atoms with Crippen LogP contribution in [0.3, 0.4) is 0 Å². The van der Waals surface area contributed by atoms with E-state index in [2.05, 4.69) is 31.0 Å². The molecule has 1 N–H and O–H groups in total. The summed E-state index contributed by atoms with van der Waals surface area (Å²) in [7, 11) is 1.66. The number of amides is 1. The first-order valence-corrected chi connectivity index (χ1v) is 8.27. The first kappa shape index (κ1) is 16.8. The number of rotatable bonds is 5. The molecule has 0 saturated carbocycles. The lowest BCUT2D eigenvalue weighted by Crippen LogP contribution is -2.47. The first-order chi connectivity index (χ1) is 10.5. The second-order valence-electron chi connectivity index (χ2n) is 6.23. The number of carbonyl (C=O) groups excluding carboxylic acids is 1. The normalized spacial score (nSPS) is 22.4. The van der Waals surface area contributed by atoms with Gasteiger partial charge in [0.05, 0.1) is 13.7 Å². The molecule has 0 aromatic heterocycles. The highest BCUT2D eigenvalue weighted by Crippen LogP contribution is 2.25. The van der Waals surface area contributed by atoms with Gasteiger partial charge in [0.2, 0.25) is 5.91 Å². The van der Waals surface area contributed by atoms with Gasteiger partial charge in [-0.15, -0.1) is 0 Å². The number of aryl methyl sites for hydroxylation is 1. The van der Waals surface area contributed by atoms with Crippen LogP contribution in [0.4, 0.5) is 5.69 Å². The summed E-state index contributed by atoms with van der Waals surface area (Å²) in [5, 5.41) is 3.00. The zero-order valence-electron chi connectivity index (χ0n) is 14.2. The molecule has 0 aliphatic carbocycles. The Morgan fingerprint density at radius 2 is 2.00 bits per heavy atom. The number of likely N-dealkylation sites (tertiary alicyclic amines) is 1. The van der Waals surface area contributed by atoms with Gasteiger partial charge in [0, 0.05) is 23.8 Å². The van der Waals surface area contributed by atoms with Crippen LogP contribution in [0, 0.1) is 0 Å². The van der Waals surface area contributed by atoms with E-state index < -0.39 is 0 Å². The van der Waals surface area contributed by atoms with Crippen LogP contribution in [-0.4, -0.2) is 36.5 Å². The quantitative estimate of drug-likeness (QED) is 0.906. The van der Waals surface area contributed by atoms with Crippen molar-refractivity contribution in [2.75, 3.05) is 19.0 Å². The molecule has 1 heterocycles.